The van der Waals surface area contributed by atoms with Crippen LogP contribution in [0.3, 0.4) is 0 Å². The molecule has 1 saturated heterocycles. The van der Waals surface area contributed by atoms with E-state index in [1.807, 2.05) is 0 Å². The van der Waals surface area contributed by atoms with E-state index in [0.29, 0.717) is 12.2 Å². The maximum Gasteiger partial charge on any atom is 0.220 e. The molecule has 1 fully saturated rings. The number of sulfonamides is 1. The zero-order chi connectivity index (χ0) is 16.4. The van der Waals surface area contributed by atoms with Crippen LogP contribution in [0.4, 0.5) is 0 Å². The number of hydrogen-bond donors (Lipinski definition) is 0. The molecule has 0 radical (unpaired) electrons. The van der Waals surface area contributed by atoms with Gasteiger partial charge < -0.3 is 4.52 Å². The van der Waals surface area contributed by atoms with Gasteiger partial charge in [-0.05, 0) is 25.3 Å². The molecule has 5 nitrogen and oxygen atoms in total. The second-order valence-corrected chi connectivity index (χ2v) is 8.06. The zero-order valence-corrected chi connectivity index (χ0v) is 14.3. The lowest BCUT2D eigenvalue weighted by atomic mass is 9.90. The highest BCUT2D eigenvalue weighted by atomic mass is 32.2. The lowest BCUT2D eigenvalue weighted by Crippen LogP contribution is -2.37. The minimum atomic E-state index is -3.38. The fourth-order valence-corrected chi connectivity index (χ4v) is 5.22. The molecule has 1 aliphatic rings. The van der Waals surface area contributed by atoms with Crippen molar-refractivity contribution in [1.82, 2.24) is 9.46 Å². The van der Waals surface area contributed by atoms with Crippen LogP contribution in [0.5, 0.6) is 0 Å². The Hall–Kier alpha value is -1.66. The van der Waals surface area contributed by atoms with Crippen LogP contribution in [0, 0.1) is 6.92 Å². The summed E-state index contributed by atoms with van der Waals surface area (Å²) in [7, 11) is -3.38. The van der Waals surface area contributed by atoms with Crippen LogP contribution in [0.15, 0.2) is 41.1 Å². The van der Waals surface area contributed by atoms with E-state index in [4.69, 9.17) is 4.52 Å². The molecular weight excluding hydrogens is 312 g/mol. The van der Waals surface area contributed by atoms with Gasteiger partial charge in [0, 0.05) is 24.6 Å². The third kappa shape index (κ3) is 3.33. The van der Waals surface area contributed by atoms with Gasteiger partial charge in [0.1, 0.15) is 12.0 Å². The first-order valence-corrected chi connectivity index (χ1v) is 9.57. The third-order valence-corrected chi connectivity index (χ3v) is 6.43. The van der Waals surface area contributed by atoms with Crippen molar-refractivity contribution in [1.29, 1.82) is 0 Å². The Kier molecular flexibility index (Phi) is 4.55. The van der Waals surface area contributed by atoms with Crippen molar-refractivity contribution in [2.45, 2.75) is 44.4 Å². The zero-order valence-electron chi connectivity index (χ0n) is 13.5. The molecule has 1 aliphatic heterocycles. The summed E-state index contributed by atoms with van der Waals surface area (Å²) in [6.45, 7) is 4.68. The van der Waals surface area contributed by atoms with E-state index in [-0.39, 0.29) is 17.7 Å². The topological polar surface area (TPSA) is 63.4 Å². The normalized spacial score (nSPS) is 22.5. The largest absolute Gasteiger partial charge is 0.364 e. The second-order valence-electron chi connectivity index (χ2n) is 6.14. The molecule has 2 unspecified atom stereocenters. The fourth-order valence-electron chi connectivity index (χ4n) is 3.44. The first-order valence-electron chi connectivity index (χ1n) is 7.96. The van der Waals surface area contributed by atoms with Crippen LogP contribution >= 0.6 is 0 Å². The average molecular weight is 334 g/mol. The molecule has 0 aliphatic carbocycles. The van der Waals surface area contributed by atoms with Gasteiger partial charge in [-0.2, -0.15) is 4.31 Å². The van der Waals surface area contributed by atoms with Crippen molar-refractivity contribution >= 4 is 10.0 Å². The number of rotatable bonds is 5. The van der Waals surface area contributed by atoms with Gasteiger partial charge in [0.15, 0.2) is 0 Å². The lowest BCUT2D eigenvalue weighted by Gasteiger charge is -2.26. The van der Waals surface area contributed by atoms with Crippen molar-refractivity contribution in [3.05, 3.63) is 53.4 Å². The first kappa shape index (κ1) is 16.2. The van der Waals surface area contributed by atoms with Gasteiger partial charge in [-0.1, -0.05) is 41.9 Å². The van der Waals surface area contributed by atoms with Crippen molar-refractivity contribution in [3.8, 4) is 0 Å². The van der Waals surface area contributed by atoms with E-state index >= 15 is 0 Å². The summed E-state index contributed by atoms with van der Waals surface area (Å²) in [6, 6.07) is 10.0. The molecule has 0 bridgehead atoms. The molecule has 2 heterocycles. The quantitative estimate of drug-likeness (QED) is 0.843. The highest BCUT2D eigenvalue weighted by Crippen LogP contribution is 2.37. The van der Waals surface area contributed by atoms with Gasteiger partial charge in [-0.15, -0.1) is 0 Å². The van der Waals surface area contributed by atoms with E-state index < -0.39 is 10.0 Å². The monoisotopic (exact) mass is 334 g/mol. The lowest BCUT2D eigenvalue weighted by molar-refractivity contribution is 0.360. The van der Waals surface area contributed by atoms with Crippen LogP contribution in [0.1, 0.15) is 42.5 Å². The Morgan fingerprint density at radius 2 is 2.00 bits per heavy atom. The summed E-state index contributed by atoms with van der Waals surface area (Å²) < 4.78 is 31.9. The third-order valence-electron chi connectivity index (χ3n) is 4.60. The molecule has 1 aromatic carbocycles. The maximum absolute atomic E-state index is 12.7. The molecule has 23 heavy (non-hydrogen) atoms. The van der Waals surface area contributed by atoms with Crippen LogP contribution in [-0.2, 0) is 15.8 Å². The summed E-state index contributed by atoms with van der Waals surface area (Å²) in [4.78, 5) is 0. The summed E-state index contributed by atoms with van der Waals surface area (Å²) in [5, 5.41) is 3.73. The molecule has 2 aromatic rings. The second kappa shape index (κ2) is 6.45. The molecule has 6 heteroatoms. The van der Waals surface area contributed by atoms with Crippen molar-refractivity contribution < 1.29 is 12.9 Å². The average Bonchev–Trinajstić information content (AvgIpc) is 3.16. The Balaban J connectivity index is 1.82. The van der Waals surface area contributed by atoms with E-state index in [2.05, 4.69) is 43.3 Å². The Morgan fingerprint density at radius 1 is 1.26 bits per heavy atom. The van der Waals surface area contributed by atoms with E-state index in [9.17, 15) is 8.42 Å². The maximum atomic E-state index is 12.7. The molecule has 0 amide bonds. The van der Waals surface area contributed by atoms with Crippen molar-refractivity contribution in [2.24, 2.45) is 0 Å². The Labute approximate surface area is 137 Å². The van der Waals surface area contributed by atoms with Crippen LogP contribution in [0.2, 0.25) is 0 Å². The van der Waals surface area contributed by atoms with Crippen molar-refractivity contribution in [3.63, 3.8) is 0 Å². The van der Waals surface area contributed by atoms with Gasteiger partial charge >= 0.3 is 0 Å². The van der Waals surface area contributed by atoms with E-state index in [1.54, 1.807) is 10.4 Å². The van der Waals surface area contributed by atoms with E-state index in [0.717, 1.165) is 12.8 Å². The van der Waals surface area contributed by atoms with Crippen molar-refractivity contribution in [2.75, 3.05) is 6.54 Å². The Bertz CT molecular complexity index is 739. The summed E-state index contributed by atoms with van der Waals surface area (Å²) in [5.41, 5.74) is 2.90. The highest BCUT2D eigenvalue weighted by Gasteiger charge is 2.40. The molecule has 0 N–H and O–H groups in total. The standard InChI is InChI=1S/C17H22N2O3S/c1-3-17-16(14-6-4-13(2)5-7-14)8-10-19(17)23(20,21)12-15-9-11-22-18-15/h4-7,9,11,16-17H,3,8,10,12H2,1-2H3. The number of aromatic nitrogens is 1. The SMILES string of the molecule is CCC1C(c2ccc(C)cc2)CCN1S(=O)(=O)Cc1ccon1. The van der Waals surface area contributed by atoms with Gasteiger partial charge in [-0.3, -0.25) is 0 Å². The van der Waals surface area contributed by atoms with Gasteiger partial charge in [0.05, 0.1) is 5.69 Å². The molecule has 124 valence electrons. The summed E-state index contributed by atoms with van der Waals surface area (Å²) in [6.07, 6.45) is 3.07. The van der Waals surface area contributed by atoms with Crippen LogP contribution < -0.4 is 0 Å². The van der Waals surface area contributed by atoms with Crippen LogP contribution in [0.25, 0.3) is 0 Å². The number of benzene rings is 1. The molecular formula is C17H22N2O3S. The number of aryl methyl sites for hydroxylation is 1. The van der Waals surface area contributed by atoms with E-state index in [1.165, 1.54) is 17.4 Å². The fraction of sp³-hybridized carbons (Fsp3) is 0.471. The Morgan fingerprint density at radius 3 is 2.61 bits per heavy atom. The number of nitrogens with zero attached hydrogens (tertiary/aromatic N) is 2. The van der Waals surface area contributed by atoms with Gasteiger partial charge in [0.25, 0.3) is 0 Å². The molecule has 0 spiro atoms. The molecule has 2 atom stereocenters. The summed E-state index contributed by atoms with van der Waals surface area (Å²) >= 11 is 0. The van der Waals surface area contributed by atoms with Gasteiger partial charge in [-0.25, -0.2) is 8.42 Å². The minimum Gasteiger partial charge on any atom is -0.364 e. The van der Waals surface area contributed by atoms with Gasteiger partial charge in [0.2, 0.25) is 10.0 Å². The predicted molar refractivity (Wildman–Crippen MR) is 88.4 cm³/mol. The molecule has 0 saturated carbocycles. The molecule has 1 aromatic heterocycles. The molecule has 3 rings (SSSR count). The van der Waals surface area contributed by atoms with Crippen LogP contribution in [-0.4, -0.2) is 30.5 Å². The smallest absolute Gasteiger partial charge is 0.220 e. The minimum absolute atomic E-state index is 0.00890. The number of hydrogen-bond acceptors (Lipinski definition) is 4. The first-order chi connectivity index (χ1) is 11.0. The predicted octanol–water partition coefficient (Wildman–Crippen LogP) is 3.08. The highest BCUT2D eigenvalue weighted by molar-refractivity contribution is 7.88. The summed E-state index contributed by atoms with van der Waals surface area (Å²) in [5.74, 6) is 0.161.